The van der Waals surface area contributed by atoms with Gasteiger partial charge in [-0.15, -0.1) is 0 Å². The highest BCUT2D eigenvalue weighted by molar-refractivity contribution is 7.78. The van der Waals surface area contributed by atoms with Crippen molar-refractivity contribution in [1.82, 2.24) is 19.2 Å². The predicted molar refractivity (Wildman–Crippen MR) is 150 cm³/mol. The second kappa shape index (κ2) is 11.1. The van der Waals surface area contributed by atoms with Gasteiger partial charge in [-0.2, -0.15) is 0 Å². The number of carbonyl (C=O) groups excluding carboxylic acids is 2. The summed E-state index contributed by atoms with van der Waals surface area (Å²) in [6, 6.07) is 22.0. The van der Waals surface area contributed by atoms with Crippen LogP contribution in [0.25, 0.3) is 10.8 Å². The molecule has 1 aliphatic rings. The van der Waals surface area contributed by atoms with Crippen LogP contribution in [0.5, 0.6) is 0 Å². The number of hydrogen-bond acceptors (Lipinski definition) is 4. The number of amides is 3. The third kappa shape index (κ3) is 5.20. The average molecular weight is 514 g/mol. The molecule has 4 aromatic rings. The van der Waals surface area contributed by atoms with Crippen LogP contribution in [0.2, 0.25) is 0 Å². The number of hydrogen-bond donors (Lipinski definition) is 2. The topological polar surface area (TPSA) is 70.5 Å². The summed E-state index contributed by atoms with van der Waals surface area (Å²) in [6.07, 6.45) is 6.76. The summed E-state index contributed by atoms with van der Waals surface area (Å²) < 4.78 is 4.40. The van der Waals surface area contributed by atoms with E-state index in [1.807, 2.05) is 46.3 Å². The maximum Gasteiger partial charge on any atom is 0.325 e. The molecule has 1 aromatic heterocycles. The highest BCUT2D eigenvalue weighted by atomic mass is 32.1. The molecule has 37 heavy (non-hydrogen) atoms. The summed E-state index contributed by atoms with van der Waals surface area (Å²) in [4.78, 5) is 33.9. The lowest BCUT2D eigenvalue weighted by atomic mass is 10.1. The van der Waals surface area contributed by atoms with Gasteiger partial charge in [-0.3, -0.25) is 14.4 Å². The van der Waals surface area contributed by atoms with Gasteiger partial charge in [0.25, 0.3) is 5.91 Å². The Morgan fingerprint density at radius 3 is 2.62 bits per heavy atom. The molecule has 0 bridgehead atoms. The second-order valence-corrected chi connectivity index (χ2v) is 9.70. The molecule has 1 N–H and O–H groups in total. The van der Waals surface area contributed by atoms with Crippen LogP contribution in [0.1, 0.15) is 47.8 Å². The largest absolute Gasteiger partial charge is 0.329 e. The first-order chi connectivity index (χ1) is 18.1. The van der Waals surface area contributed by atoms with Gasteiger partial charge in [0.2, 0.25) is 0 Å². The number of benzene rings is 3. The van der Waals surface area contributed by atoms with E-state index < -0.39 is 0 Å². The van der Waals surface area contributed by atoms with E-state index in [1.165, 1.54) is 0 Å². The maximum atomic E-state index is 13.8. The number of nitrogens with one attached hydrogen (secondary N) is 1. The van der Waals surface area contributed by atoms with Crippen LogP contribution in [0.3, 0.4) is 0 Å². The Kier molecular flexibility index (Phi) is 7.46. The predicted octanol–water partition coefficient (Wildman–Crippen LogP) is 5.66. The average Bonchev–Trinajstić information content (AvgIpc) is 3.50. The van der Waals surface area contributed by atoms with E-state index in [2.05, 4.69) is 58.3 Å². The van der Waals surface area contributed by atoms with Gasteiger partial charge in [0.05, 0.1) is 30.3 Å². The molecular formula is C29H31N5O2S. The van der Waals surface area contributed by atoms with Crippen molar-refractivity contribution in [3.63, 3.8) is 0 Å². The molecule has 5 rings (SSSR count). The van der Waals surface area contributed by atoms with E-state index in [4.69, 9.17) is 0 Å². The van der Waals surface area contributed by atoms with E-state index in [-0.39, 0.29) is 18.0 Å². The summed E-state index contributed by atoms with van der Waals surface area (Å²) in [7, 11) is 0. The van der Waals surface area contributed by atoms with E-state index in [0.717, 1.165) is 47.0 Å². The van der Waals surface area contributed by atoms with Crippen molar-refractivity contribution in [2.45, 2.75) is 45.3 Å². The molecule has 1 atom stereocenters. The highest BCUT2D eigenvalue weighted by Gasteiger charge is 2.38. The number of fused-ring (bicyclic) bond motifs is 1. The number of unbranched alkanes of at least 4 members (excludes halogenated alkanes) is 1. The van der Waals surface area contributed by atoms with Crippen molar-refractivity contribution >= 4 is 41.2 Å². The molecule has 0 aliphatic carbocycles. The van der Waals surface area contributed by atoms with Crippen LogP contribution in [0, 0.1) is 0 Å². The van der Waals surface area contributed by atoms with Gasteiger partial charge < -0.3 is 9.47 Å². The van der Waals surface area contributed by atoms with Gasteiger partial charge >= 0.3 is 6.03 Å². The molecule has 7 nitrogen and oxygen atoms in total. The molecule has 0 spiro atoms. The molecule has 0 radical (unpaired) electrons. The van der Waals surface area contributed by atoms with E-state index in [9.17, 15) is 9.59 Å². The lowest BCUT2D eigenvalue weighted by molar-refractivity contribution is 0.0985. The first-order valence-corrected chi connectivity index (χ1v) is 13.1. The molecular weight excluding hydrogens is 482 g/mol. The maximum absolute atomic E-state index is 13.8. The third-order valence-corrected chi connectivity index (χ3v) is 7.22. The Morgan fingerprint density at radius 2 is 1.84 bits per heavy atom. The van der Waals surface area contributed by atoms with Crippen LogP contribution in [0.15, 0.2) is 79.3 Å². The summed E-state index contributed by atoms with van der Waals surface area (Å²) in [5, 5.41) is 2.23. The number of imidazole rings is 1. The third-order valence-electron chi connectivity index (χ3n) is 7.01. The lowest BCUT2D eigenvalue weighted by Gasteiger charge is -2.25. The molecule has 3 amide bonds. The number of anilines is 1. The van der Waals surface area contributed by atoms with Gasteiger partial charge in [0.1, 0.15) is 0 Å². The fraction of sp³-hybridized carbons (Fsp3) is 0.276. The van der Waals surface area contributed by atoms with Crippen molar-refractivity contribution in [1.29, 1.82) is 0 Å². The van der Waals surface area contributed by atoms with E-state index in [1.54, 1.807) is 18.5 Å². The zero-order valence-corrected chi connectivity index (χ0v) is 21.8. The molecule has 1 aliphatic heterocycles. The molecule has 2 heterocycles. The van der Waals surface area contributed by atoms with Crippen molar-refractivity contribution < 1.29 is 9.59 Å². The van der Waals surface area contributed by atoms with Crippen molar-refractivity contribution in [3.05, 3.63) is 96.1 Å². The first kappa shape index (κ1) is 24.9. The summed E-state index contributed by atoms with van der Waals surface area (Å²) in [5.41, 5.74) is 3.55. The van der Waals surface area contributed by atoms with E-state index in [0.29, 0.717) is 25.2 Å². The summed E-state index contributed by atoms with van der Waals surface area (Å²) in [6.45, 7) is 3.96. The standard InChI is InChI=1S/C29H31N5O2S/c1-2-3-9-24-18-32(29(36)34(24)27-11-6-8-22-7-4-5-10-26(22)27)19-25-16-30-20-33(25)17-21-12-14-23(15-13-21)28(35)31-37/h4-8,10-16,20,24,37H,2-3,9,17-19H2,1H3,(H,31,35). The minimum Gasteiger partial charge on any atom is -0.329 e. The molecule has 1 unspecified atom stereocenters. The van der Waals surface area contributed by atoms with Crippen molar-refractivity contribution in [3.8, 4) is 0 Å². The quantitative estimate of drug-likeness (QED) is 0.284. The second-order valence-electron chi connectivity index (χ2n) is 9.48. The normalized spacial score (nSPS) is 15.5. The van der Waals surface area contributed by atoms with Crippen LogP contribution >= 0.6 is 12.8 Å². The number of urea groups is 1. The fourth-order valence-corrected chi connectivity index (χ4v) is 5.20. The molecule has 190 valence electrons. The van der Waals surface area contributed by atoms with Gasteiger partial charge in [-0.05, 0) is 35.6 Å². The molecule has 3 aromatic carbocycles. The molecule has 1 fully saturated rings. The SMILES string of the molecule is CCCCC1CN(Cc2cncn2Cc2ccc(C(=O)NS)cc2)C(=O)N1c1cccc2ccccc12. The Balaban J connectivity index is 1.37. The van der Waals surface area contributed by atoms with Crippen molar-refractivity contribution in [2.24, 2.45) is 0 Å². The monoisotopic (exact) mass is 513 g/mol. The number of aromatic nitrogens is 2. The lowest BCUT2D eigenvalue weighted by Crippen LogP contribution is -2.35. The van der Waals surface area contributed by atoms with Gasteiger partial charge in [0.15, 0.2) is 0 Å². The number of thiol groups is 1. The van der Waals surface area contributed by atoms with Gasteiger partial charge in [-0.25, -0.2) is 9.78 Å². The van der Waals surface area contributed by atoms with Gasteiger partial charge in [0, 0.05) is 30.2 Å². The highest BCUT2D eigenvalue weighted by Crippen LogP contribution is 2.34. The Morgan fingerprint density at radius 1 is 1.05 bits per heavy atom. The van der Waals surface area contributed by atoms with Crippen LogP contribution in [0.4, 0.5) is 10.5 Å². The molecule has 8 heteroatoms. The number of rotatable bonds is 9. The number of nitrogens with zero attached hydrogens (tertiary/aromatic N) is 4. The Bertz CT molecular complexity index is 1400. The van der Waals surface area contributed by atoms with E-state index >= 15 is 0 Å². The minimum atomic E-state index is -0.237. The molecule has 0 saturated carbocycles. The van der Waals surface area contributed by atoms with Crippen molar-refractivity contribution in [2.75, 3.05) is 11.4 Å². The zero-order valence-electron chi connectivity index (χ0n) is 20.9. The van der Waals surface area contributed by atoms with Crippen LogP contribution in [-0.4, -0.2) is 39.0 Å². The summed E-state index contributed by atoms with van der Waals surface area (Å²) >= 11 is 3.83. The fourth-order valence-electron chi connectivity index (χ4n) is 5.07. The molecule has 1 saturated heterocycles. The summed E-state index contributed by atoms with van der Waals surface area (Å²) in [5.74, 6) is -0.237. The minimum absolute atomic E-state index is 0.0346. The smallest absolute Gasteiger partial charge is 0.325 e. The van der Waals surface area contributed by atoms with Crippen LogP contribution < -0.4 is 9.62 Å². The first-order valence-electron chi connectivity index (χ1n) is 12.7. The Labute approximate surface area is 222 Å². The number of carbonyl (C=O) groups is 2. The Hall–Kier alpha value is -3.78. The zero-order chi connectivity index (χ0) is 25.8. The van der Waals surface area contributed by atoms with Crippen LogP contribution in [-0.2, 0) is 13.1 Å². The van der Waals surface area contributed by atoms with Gasteiger partial charge in [-0.1, -0.05) is 81.1 Å².